The largest absolute Gasteiger partial charge is 0.496 e. The maximum absolute atomic E-state index is 10.3. The molecule has 0 amide bonds. The molecule has 0 aliphatic heterocycles. The van der Waals surface area contributed by atoms with Crippen LogP contribution in [0.1, 0.15) is 23.1 Å². The molecule has 76 valence electrons. The van der Waals surface area contributed by atoms with Gasteiger partial charge in [0.05, 0.1) is 7.11 Å². The molecule has 0 radical (unpaired) electrons. The molecule has 0 heterocycles. The van der Waals surface area contributed by atoms with Crippen molar-refractivity contribution in [3.05, 3.63) is 28.8 Å². The first-order valence-electron chi connectivity index (χ1n) is 4.76. The Balaban J connectivity index is 3.04. The highest BCUT2D eigenvalue weighted by molar-refractivity contribution is 5.52. The van der Waals surface area contributed by atoms with E-state index in [1.54, 1.807) is 7.11 Å². The number of methoxy groups -OCH3 is 1. The van der Waals surface area contributed by atoms with Gasteiger partial charge >= 0.3 is 0 Å². The van der Waals surface area contributed by atoms with Crippen molar-refractivity contribution >= 4 is 6.29 Å². The van der Waals surface area contributed by atoms with Crippen molar-refractivity contribution in [2.75, 3.05) is 7.11 Å². The zero-order chi connectivity index (χ0) is 10.6. The average molecular weight is 192 g/mol. The molecule has 0 atom stereocenters. The maximum Gasteiger partial charge on any atom is 0.122 e. The normalized spacial score (nSPS) is 9.93. The van der Waals surface area contributed by atoms with Gasteiger partial charge in [-0.1, -0.05) is 6.07 Å². The van der Waals surface area contributed by atoms with Gasteiger partial charge in [-0.3, -0.25) is 0 Å². The van der Waals surface area contributed by atoms with E-state index in [1.165, 1.54) is 11.1 Å². The molecule has 2 heteroatoms. The van der Waals surface area contributed by atoms with Crippen LogP contribution in [0.5, 0.6) is 5.75 Å². The van der Waals surface area contributed by atoms with Gasteiger partial charge in [0.15, 0.2) is 0 Å². The third kappa shape index (κ3) is 2.34. The number of hydrogen-bond donors (Lipinski definition) is 0. The zero-order valence-electron chi connectivity index (χ0n) is 8.96. The average Bonchev–Trinajstić information content (AvgIpc) is 2.15. The second-order valence-electron chi connectivity index (χ2n) is 3.47. The predicted octanol–water partition coefficient (Wildman–Crippen LogP) is 2.44. The summed E-state index contributed by atoms with van der Waals surface area (Å²) in [5.41, 5.74) is 3.53. The molecule has 0 bridgehead atoms. The van der Waals surface area contributed by atoms with Gasteiger partial charge in [0.25, 0.3) is 0 Å². The molecule has 1 aromatic rings. The van der Waals surface area contributed by atoms with E-state index in [1.807, 2.05) is 13.0 Å². The van der Waals surface area contributed by atoms with Crippen LogP contribution in [-0.2, 0) is 11.2 Å². The van der Waals surface area contributed by atoms with Gasteiger partial charge in [0.1, 0.15) is 12.0 Å². The van der Waals surface area contributed by atoms with Crippen LogP contribution in [0, 0.1) is 13.8 Å². The second-order valence-corrected chi connectivity index (χ2v) is 3.47. The lowest BCUT2D eigenvalue weighted by Gasteiger charge is -2.11. The van der Waals surface area contributed by atoms with Gasteiger partial charge in [0, 0.05) is 6.42 Å². The standard InChI is InChI=1S/C12H16O2/c1-9-7-10(2)11(5-4-6-13)12(8-9)14-3/h6-8H,4-5H2,1-3H3. The fraction of sp³-hybridized carbons (Fsp3) is 0.417. The van der Waals surface area contributed by atoms with Crippen molar-refractivity contribution in [3.8, 4) is 5.75 Å². The van der Waals surface area contributed by atoms with E-state index in [0.29, 0.717) is 6.42 Å². The Labute approximate surface area is 84.9 Å². The fourth-order valence-corrected chi connectivity index (χ4v) is 1.66. The van der Waals surface area contributed by atoms with Crippen LogP contribution in [0.2, 0.25) is 0 Å². The molecule has 0 aliphatic rings. The van der Waals surface area contributed by atoms with Gasteiger partial charge in [-0.05, 0) is 43.0 Å². The van der Waals surface area contributed by atoms with E-state index in [0.717, 1.165) is 24.0 Å². The van der Waals surface area contributed by atoms with E-state index in [-0.39, 0.29) is 0 Å². The molecule has 0 unspecified atom stereocenters. The number of aryl methyl sites for hydroxylation is 2. The molecule has 2 nitrogen and oxygen atoms in total. The first-order chi connectivity index (χ1) is 6.69. The van der Waals surface area contributed by atoms with Gasteiger partial charge in [0.2, 0.25) is 0 Å². The van der Waals surface area contributed by atoms with Gasteiger partial charge in [-0.25, -0.2) is 0 Å². The van der Waals surface area contributed by atoms with Crippen molar-refractivity contribution in [3.63, 3.8) is 0 Å². The number of ether oxygens (including phenoxy) is 1. The fourth-order valence-electron chi connectivity index (χ4n) is 1.66. The minimum atomic E-state index is 0.556. The molecule has 0 aromatic heterocycles. The van der Waals surface area contributed by atoms with E-state index >= 15 is 0 Å². The third-order valence-electron chi connectivity index (χ3n) is 2.31. The lowest BCUT2D eigenvalue weighted by molar-refractivity contribution is -0.107. The molecule has 0 spiro atoms. The summed E-state index contributed by atoms with van der Waals surface area (Å²) in [5, 5.41) is 0. The Kier molecular flexibility index (Phi) is 3.69. The number of carbonyl (C=O) groups excluding carboxylic acids is 1. The van der Waals surface area contributed by atoms with Gasteiger partial charge in [-0.2, -0.15) is 0 Å². The summed E-state index contributed by atoms with van der Waals surface area (Å²) < 4.78 is 5.29. The van der Waals surface area contributed by atoms with Crippen LogP contribution < -0.4 is 4.74 Å². The molecular weight excluding hydrogens is 176 g/mol. The first-order valence-corrected chi connectivity index (χ1v) is 4.76. The van der Waals surface area contributed by atoms with Crippen LogP contribution in [0.3, 0.4) is 0 Å². The molecule has 0 aliphatic carbocycles. The van der Waals surface area contributed by atoms with E-state index in [9.17, 15) is 4.79 Å². The Bertz CT molecular complexity index is 329. The zero-order valence-corrected chi connectivity index (χ0v) is 8.96. The van der Waals surface area contributed by atoms with Crippen LogP contribution >= 0.6 is 0 Å². The molecule has 0 saturated heterocycles. The summed E-state index contributed by atoms with van der Waals surface area (Å²) in [6.45, 7) is 4.09. The molecule has 0 N–H and O–H groups in total. The molecule has 1 aromatic carbocycles. The number of rotatable bonds is 4. The summed E-state index contributed by atoms with van der Waals surface area (Å²) in [6, 6.07) is 4.12. The van der Waals surface area contributed by atoms with Crippen molar-refractivity contribution < 1.29 is 9.53 Å². The topological polar surface area (TPSA) is 26.3 Å². The van der Waals surface area contributed by atoms with Crippen molar-refractivity contribution in [1.82, 2.24) is 0 Å². The lowest BCUT2D eigenvalue weighted by atomic mass is 10.0. The monoisotopic (exact) mass is 192 g/mol. The van der Waals surface area contributed by atoms with Crippen molar-refractivity contribution in [2.24, 2.45) is 0 Å². The van der Waals surface area contributed by atoms with Gasteiger partial charge < -0.3 is 9.53 Å². The number of aldehydes is 1. The summed E-state index contributed by atoms with van der Waals surface area (Å²) in [5.74, 6) is 0.893. The van der Waals surface area contributed by atoms with Crippen molar-refractivity contribution in [1.29, 1.82) is 0 Å². The smallest absolute Gasteiger partial charge is 0.122 e. The summed E-state index contributed by atoms with van der Waals surface area (Å²) in [7, 11) is 1.67. The van der Waals surface area contributed by atoms with Crippen LogP contribution in [0.15, 0.2) is 12.1 Å². The minimum absolute atomic E-state index is 0.556. The molecule has 0 saturated carbocycles. The Morgan fingerprint density at radius 1 is 1.36 bits per heavy atom. The lowest BCUT2D eigenvalue weighted by Crippen LogP contribution is -1.97. The predicted molar refractivity (Wildman–Crippen MR) is 56.9 cm³/mol. The summed E-state index contributed by atoms with van der Waals surface area (Å²) >= 11 is 0. The van der Waals surface area contributed by atoms with Crippen LogP contribution in [0.4, 0.5) is 0 Å². The highest BCUT2D eigenvalue weighted by atomic mass is 16.5. The quantitative estimate of drug-likeness (QED) is 0.685. The second kappa shape index (κ2) is 4.80. The SMILES string of the molecule is COc1cc(C)cc(C)c1CCC=O. The van der Waals surface area contributed by atoms with E-state index < -0.39 is 0 Å². The molecule has 14 heavy (non-hydrogen) atoms. The number of hydrogen-bond acceptors (Lipinski definition) is 2. The number of benzene rings is 1. The molecular formula is C12H16O2. The highest BCUT2D eigenvalue weighted by Crippen LogP contribution is 2.25. The van der Waals surface area contributed by atoms with Gasteiger partial charge in [-0.15, -0.1) is 0 Å². The van der Waals surface area contributed by atoms with E-state index in [4.69, 9.17) is 4.74 Å². The van der Waals surface area contributed by atoms with E-state index in [2.05, 4.69) is 13.0 Å². The molecule has 1 rings (SSSR count). The van der Waals surface area contributed by atoms with Crippen LogP contribution in [0.25, 0.3) is 0 Å². The third-order valence-corrected chi connectivity index (χ3v) is 2.31. The summed E-state index contributed by atoms with van der Waals surface area (Å²) in [4.78, 5) is 10.3. The summed E-state index contributed by atoms with van der Waals surface area (Å²) in [6.07, 6.45) is 2.26. The van der Waals surface area contributed by atoms with Crippen LogP contribution in [-0.4, -0.2) is 13.4 Å². The Morgan fingerprint density at radius 3 is 2.64 bits per heavy atom. The first kappa shape index (κ1) is 10.8. The Morgan fingerprint density at radius 2 is 2.07 bits per heavy atom. The maximum atomic E-state index is 10.3. The Hall–Kier alpha value is -1.31. The minimum Gasteiger partial charge on any atom is -0.496 e. The highest BCUT2D eigenvalue weighted by Gasteiger charge is 2.06. The molecule has 0 fully saturated rings. The number of carbonyl (C=O) groups is 1. The van der Waals surface area contributed by atoms with Crippen molar-refractivity contribution in [2.45, 2.75) is 26.7 Å².